The third-order valence-corrected chi connectivity index (χ3v) is 2.65. The smallest absolute Gasteiger partial charge is 0.256 e. The predicted molar refractivity (Wildman–Crippen MR) is 76.8 cm³/mol. The highest BCUT2D eigenvalue weighted by molar-refractivity contribution is 5.94. The van der Waals surface area contributed by atoms with E-state index in [4.69, 9.17) is 5.11 Å². The molecular formula is C16H20FNO2. The van der Waals surface area contributed by atoms with Crippen LogP contribution in [0.4, 0.5) is 4.39 Å². The Morgan fingerprint density at radius 3 is 2.70 bits per heavy atom. The zero-order chi connectivity index (χ0) is 15.1. The van der Waals surface area contributed by atoms with Gasteiger partial charge < -0.3 is 10.0 Å². The van der Waals surface area contributed by atoms with Crippen molar-refractivity contribution < 1.29 is 14.3 Å². The van der Waals surface area contributed by atoms with E-state index in [1.807, 2.05) is 13.8 Å². The normalized spacial score (nSPS) is 10.1. The van der Waals surface area contributed by atoms with Crippen molar-refractivity contribution in [1.82, 2.24) is 4.90 Å². The van der Waals surface area contributed by atoms with Crippen molar-refractivity contribution in [2.45, 2.75) is 20.3 Å². The van der Waals surface area contributed by atoms with Gasteiger partial charge in [0.25, 0.3) is 5.91 Å². The van der Waals surface area contributed by atoms with Crippen LogP contribution < -0.4 is 0 Å². The minimum absolute atomic E-state index is 0.0218. The number of carbonyl (C=O) groups is 1. The van der Waals surface area contributed by atoms with E-state index < -0.39 is 5.82 Å². The summed E-state index contributed by atoms with van der Waals surface area (Å²) in [6.45, 7) is 4.56. The van der Waals surface area contributed by atoms with Gasteiger partial charge in [-0.1, -0.05) is 25.7 Å². The number of halogens is 1. The Kier molecular flexibility index (Phi) is 6.20. The topological polar surface area (TPSA) is 40.5 Å². The summed E-state index contributed by atoms with van der Waals surface area (Å²) < 4.78 is 13.9. The predicted octanol–water partition coefficient (Wildman–Crippen LogP) is 2.29. The first-order valence-electron chi connectivity index (χ1n) is 6.60. The standard InChI is InChI=1S/C16H20FNO2/c1-12(2)11-18(3)16(20)14-8-7-13(10-15(14)17)6-4-5-9-19/h7-8,10,12,19H,5,9,11H2,1-3H3. The minimum Gasteiger partial charge on any atom is -0.395 e. The number of hydrogen-bond acceptors (Lipinski definition) is 2. The maximum absolute atomic E-state index is 13.9. The van der Waals surface area contributed by atoms with Gasteiger partial charge in [-0.3, -0.25) is 4.79 Å². The molecule has 0 aliphatic heterocycles. The van der Waals surface area contributed by atoms with Gasteiger partial charge >= 0.3 is 0 Å². The summed E-state index contributed by atoms with van der Waals surface area (Å²) >= 11 is 0. The van der Waals surface area contributed by atoms with Crippen LogP contribution in [0.5, 0.6) is 0 Å². The highest BCUT2D eigenvalue weighted by Crippen LogP contribution is 2.13. The van der Waals surface area contributed by atoms with E-state index in [0.29, 0.717) is 24.4 Å². The second-order valence-electron chi connectivity index (χ2n) is 5.05. The van der Waals surface area contributed by atoms with Crippen LogP contribution in [0.3, 0.4) is 0 Å². The zero-order valence-corrected chi connectivity index (χ0v) is 12.1. The average molecular weight is 277 g/mol. The first-order valence-corrected chi connectivity index (χ1v) is 6.60. The number of aliphatic hydroxyl groups is 1. The van der Waals surface area contributed by atoms with Crippen LogP contribution in [0.25, 0.3) is 0 Å². The van der Waals surface area contributed by atoms with Crippen LogP contribution in [0.15, 0.2) is 18.2 Å². The molecule has 0 spiro atoms. The van der Waals surface area contributed by atoms with E-state index in [-0.39, 0.29) is 18.1 Å². The third-order valence-electron chi connectivity index (χ3n) is 2.65. The Morgan fingerprint density at radius 2 is 2.15 bits per heavy atom. The zero-order valence-electron chi connectivity index (χ0n) is 12.1. The lowest BCUT2D eigenvalue weighted by molar-refractivity contribution is 0.0774. The Labute approximate surface area is 119 Å². The Hall–Kier alpha value is -1.86. The molecule has 1 amide bonds. The highest BCUT2D eigenvalue weighted by atomic mass is 19.1. The van der Waals surface area contributed by atoms with Crippen molar-refractivity contribution in [3.8, 4) is 11.8 Å². The van der Waals surface area contributed by atoms with Gasteiger partial charge in [0.05, 0.1) is 12.2 Å². The van der Waals surface area contributed by atoms with Crippen molar-refractivity contribution >= 4 is 5.91 Å². The number of carbonyl (C=O) groups excluding carboxylic acids is 1. The number of aliphatic hydroxyl groups excluding tert-OH is 1. The van der Waals surface area contributed by atoms with Gasteiger partial charge in [-0.15, -0.1) is 0 Å². The number of rotatable bonds is 4. The highest BCUT2D eigenvalue weighted by Gasteiger charge is 2.16. The van der Waals surface area contributed by atoms with Crippen LogP contribution in [0.1, 0.15) is 36.2 Å². The molecule has 0 unspecified atom stereocenters. The molecule has 0 atom stereocenters. The largest absolute Gasteiger partial charge is 0.395 e. The van der Waals surface area contributed by atoms with Crippen molar-refractivity contribution in [1.29, 1.82) is 0 Å². The average Bonchev–Trinajstić information content (AvgIpc) is 2.37. The Morgan fingerprint density at radius 1 is 1.45 bits per heavy atom. The van der Waals surface area contributed by atoms with Gasteiger partial charge in [0.1, 0.15) is 5.82 Å². The maximum atomic E-state index is 13.9. The fourth-order valence-electron chi connectivity index (χ4n) is 1.82. The van der Waals surface area contributed by atoms with Gasteiger partial charge in [0, 0.05) is 25.6 Å². The molecule has 4 heteroatoms. The second kappa shape index (κ2) is 7.66. The number of nitrogens with zero attached hydrogens (tertiary/aromatic N) is 1. The molecule has 0 aliphatic carbocycles. The summed E-state index contributed by atoms with van der Waals surface area (Å²) in [4.78, 5) is 13.6. The summed E-state index contributed by atoms with van der Waals surface area (Å²) in [7, 11) is 1.66. The molecule has 0 aromatic heterocycles. The minimum atomic E-state index is -0.568. The molecule has 20 heavy (non-hydrogen) atoms. The lowest BCUT2D eigenvalue weighted by Crippen LogP contribution is -2.30. The molecule has 1 rings (SSSR count). The first kappa shape index (κ1) is 16.2. The van der Waals surface area contributed by atoms with Crippen molar-refractivity contribution in [2.24, 2.45) is 5.92 Å². The third kappa shape index (κ3) is 4.67. The summed E-state index contributed by atoms with van der Waals surface area (Å²) in [5.74, 6) is 4.89. The lowest BCUT2D eigenvalue weighted by atomic mass is 10.1. The molecule has 0 saturated heterocycles. The van der Waals surface area contributed by atoms with Gasteiger partial charge in [-0.25, -0.2) is 4.39 Å². The molecule has 0 bridgehead atoms. The van der Waals surface area contributed by atoms with Gasteiger partial charge in [-0.2, -0.15) is 0 Å². The van der Waals surface area contributed by atoms with E-state index in [1.165, 1.54) is 17.0 Å². The van der Waals surface area contributed by atoms with Gasteiger partial charge in [0.15, 0.2) is 0 Å². The van der Waals surface area contributed by atoms with Crippen molar-refractivity contribution in [3.63, 3.8) is 0 Å². The maximum Gasteiger partial charge on any atom is 0.256 e. The fraction of sp³-hybridized carbons (Fsp3) is 0.438. The number of hydrogen-bond donors (Lipinski definition) is 1. The van der Waals surface area contributed by atoms with Crippen molar-refractivity contribution in [2.75, 3.05) is 20.2 Å². The van der Waals surface area contributed by atoms with Crippen LogP contribution in [0.2, 0.25) is 0 Å². The fourth-order valence-corrected chi connectivity index (χ4v) is 1.82. The van der Waals surface area contributed by atoms with Crippen molar-refractivity contribution in [3.05, 3.63) is 35.1 Å². The SMILES string of the molecule is CC(C)CN(C)C(=O)c1ccc(C#CCCO)cc1F. The molecule has 1 aromatic rings. The van der Waals surface area contributed by atoms with Gasteiger partial charge in [0.2, 0.25) is 0 Å². The van der Waals surface area contributed by atoms with Crippen LogP contribution in [0, 0.1) is 23.6 Å². The summed E-state index contributed by atoms with van der Waals surface area (Å²) in [5.41, 5.74) is 0.555. The van der Waals surface area contributed by atoms with E-state index in [0.717, 1.165) is 0 Å². The lowest BCUT2D eigenvalue weighted by Gasteiger charge is -2.19. The monoisotopic (exact) mass is 277 g/mol. The van der Waals surface area contributed by atoms with E-state index in [1.54, 1.807) is 13.1 Å². The molecule has 0 aliphatic rings. The number of amides is 1. The molecule has 0 radical (unpaired) electrons. The van der Waals surface area contributed by atoms with E-state index >= 15 is 0 Å². The Bertz CT molecular complexity index is 529. The summed E-state index contributed by atoms with van der Waals surface area (Å²) in [6, 6.07) is 4.32. The quantitative estimate of drug-likeness (QED) is 0.858. The van der Waals surface area contributed by atoms with Crippen LogP contribution in [-0.4, -0.2) is 36.1 Å². The Balaban J connectivity index is 2.88. The second-order valence-corrected chi connectivity index (χ2v) is 5.05. The molecular weight excluding hydrogens is 257 g/mol. The van der Waals surface area contributed by atoms with Crippen LogP contribution in [-0.2, 0) is 0 Å². The molecule has 0 saturated carbocycles. The summed E-state index contributed by atoms with van der Waals surface area (Å²) in [6.07, 6.45) is 0.347. The van der Waals surface area contributed by atoms with Crippen LogP contribution >= 0.6 is 0 Å². The summed E-state index contributed by atoms with van der Waals surface area (Å²) in [5, 5.41) is 8.62. The molecule has 108 valence electrons. The number of benzene rings is 1. The molecule has 0 heterocycles. The van der Waals surface area contributed by atoms with Gasteiger partial charge in [-0.05, 0) is 24.1 Å². The molecule has 1 N–H and O–H groups in total. The molecule has 3 nitrogen and oxygen atoms in total. The first-order chi connectivity index (χ1) is 9.45. The molecule has 0 fully saturated rings. The molecule has 1 aromatic carbocycles. The van der Waals surface area contributed by atoms with E-state index in [9.17, 15) is 9.18 Å². The van der Waals surface area contributed by atoms with E-state index in [2.05, 4.69) is 11.8 Å².